The maximum Gasteiger partial charge on any atom is 0.255 e. The van der Waals surface area contributed by atoms with Gasteiger partial charge in [0.05, 0.1) is 18.4 Å². The van der Waals surface area contributed by atoms with Crippen molar-refractivity contribution in [3.8, 4) is 0 Å². The lowest BCUT2D eigenvalue weighted by molar-refractivity contribution is -0.139. The lowest BCUT2D eigenvalue weighted by atomic mass is 9.85. The summed E-state index contributed by atoms with van der Waals surface area (Å²) in [6.07, 6.45) is 4.94. The summed E-state index contributed by atoms with van der Waals surface area (Å²) >= 11 is 0. The van der Waals surface area contributed by atoms with Gasteiger partial charge in [0.25, 0.3) is 5.91 Å². The van der Waals surface area contributed by atoms with E-state index in [0.717, 1.165) is 4.90 Å². The Morgan fingerprint density at radius 3 is 2.00 bits per heavy atom. The summed E-state index contributed by atoms with van der Waals surface area (Å²) in [5.74, 6) is -1.74. The Labute approximate surface area is 168 Å². The van der Waals surface area contributed by atoms with Gasteiger partial charge in [0.15, 0.2) is 5.78 Å². The first kappa shape index (κ1) is 18.8. The highest BCUT2D eigenvalue weighted by Crippen LogP contribution is 2.35. The summed E-state index contributed by atoms with van der Waals surface area (Å²) in [5, 5.41) is 2.77. The van der Waals surface area contributed by atoms with Crippen LogP contribution in [0.15, 0.2) is 66.7 Å². The molecule has 2 atom stereocenters. The van der Waals surface area contributed by atoms with Crippen molar-refractivity contribution in [2.75, 3.05) is 11.9 Å². The molecule has 1 aliphatic carbocycles. The molecule has 0 aromatic heterocycles. The molecule has 6 nitrogen and oxygen atoms in total. The number of carbonyl (C=O) groups is 4. The number of carbonyl (C=O) groups excluding carboxylic acids is 4. The van der Waals surface area contributed by atoms with Crippen molar-refractivity contribution in [1.29, 1.82) is 0 Å². The van der Waals surface area contributed by atoms with Crippen LogP contribution < -0.4 is 5.32 Å². The molecule has 29 heavy (non-hydrogen) atoms. The predicted octanol–water partition coefficient (Wildman–Crippen LogP) is 3.07. The van der Waals surface area contributed by atoms with Crippen molar-refractivity contribution in [2.45, 2.75) is 12.8 Å². The number of anilines is 1. The third-order valence-electron chi connectivity index (χ3n) is 5.40. The molecule has 0 saturated carbocycles. The zero-order valence-electron chi connectivity index (χ0n) is 15.7. The maximum atomic E-state index is 12.6. The minimum atomic E-state index is -0.337. The van der Waals surface area contributed by atoms with Crippen LogP contribution in [0.1, 0.15) is 33.6 Å². The summed E-state index contributed by atoms with van der Waals surface area (Å²) in [6, 6.07) is 15.3. The fourth-order valence-corrected chi connectivity index (χ4v) is 3.79. The van der Waals surface area contributed by atoms with E-state index in [0.29, 0.717) is 29.7 Å². The molecule has 1 aliphatic heterocycles. The predicted molar refractivity (Wildman–Crippen MR) is 107 cm³/mol. The van der Waals surface area contributed by atoms with Gasteiger partial charge in [0.1, 0.15) is 0 Å². The molecule has 0 radical (unpaired) electrons. The van der Waals surface area contributed by atoms with Crippen LogP contribution >= 0.6 is 0 Å². The molecule has 146 valence electrons. The monoisotopic (exact) mass is 388 g/mol. The van der Waals surface area contributed by atoms with Crippen LogP contribution in [0.2, 0.25) is 0 Å². The highest BCUT2D eigenvalue weighted by molar-refractivity contribution is 6.10. The molecule has 0 bridgehead atoms. The van der Waals surface area contributed by atoms with Crippen LogP contribution in [0.5, 0.6) is 0 Å². The number of hydrogen-bond acceptors (Lipinski definition) is 4. The van der Waals surface area contributed by atoms with Gasteiger partial charge in [-0.15, -0.1) is 0 Å². The Balaban J connectivity index is 1.40. The molecule has 1 heterocycles. The third kappa shape index (κ3) is 3.74. The summed E-state index contributed by atoms with van der Waals surface area (Å²) < 4.78 is 0. The van der Waals surface area contributed by atoms with Gasteiger partial charge in [0.2, 0.25) is 11.8 Å². The first-order valence-electron chi connectivity index (χ1n) is 9.54. The van der Waals surface area contributed by atoms with Crippen molar-refractivity contribution in [3.63, 3.8) is 0 Å². The standard InChI is InChI=1S/C23H20N2O4/c26-20(14-25-22(28)18-8-4-5-9-19(18)23(25)29)15-10-12-17(13-11-15)24-21(27)16-6-2-1-3-7-16/h1-7,10-13,18-19H,8-9,14H2,(H,24,27)/t18-,19-/m1/s1. The fourth-order valence-electron chi connectivity index (χ4n) is 3.79. The molecule has 2 aliphatic rings. The van der Waals surface area contributed by atoms with E-state index < -0.39 is 0 Å². The van der Waals surface area contributed by atoms with Crippen LogP contribution in [0, 0.1) is 11.8 Å². The van der Waals surface area contributed by atoms with E-state index in [1.165, 1.54) is 0 Å². The number of ketones is 1. The summed E-state index contributed by atoms with van der Waals surface area (Å²) in [6.45, 7) is -0.250. The Kier molecular flexibility index (Phi) is 5.08. The lowest BCUT2D eigenvalue weighted by Gasteiger charge is -2.14. The topological polar surface area (TPSA) is 83.6 Å². The number of allylic oxidation sites excluding steroid dienone is 2. The number of hydrogen-bond donors (Lipinski definition) is 1. The second-order valence-corrected chi connectivity index (χ2v) is 7.24. The first-order chi connectivity index (χ1) is 14.0. The van der Waals surface area contributed by atoms with Crippen molar-refractivity contribution in [2.24, 2.45) is 11.8 Å². The normalized spacial score (nSPS) is 20.5. The number of rotatable bonds is 5. The van der Waals surface area contributed by atoms with Crippen LogP contribution in [0.25, 0.3) is 0 Å². The van der Waals surface area contributed by atoms with Crippen molar-refractivity contribution in [3.05, 3.63) is 77.9 Å². The number of Topliss-reactive ketones (excluding diaryl/α,β-unsaturated/α-hetero) is 1. The van der Waals surface area contributed by atoms with E-state index in [9.17, 15) is 19.2 Å². The van der Waals surface area contributed by atoms with Crippen molar-refractivity contribution in [1.82, 2.24) is 4.90 Å². The molecule has 3 amide bonds. The smallest absolute Gasteiger partial charge is 0.255 e. The van der Waals surface area contributed by atoms with E-state index in [2.05, 4.69) is 5.32 Å². The molecular formula is C23H20N2O4. The second-order valence-electron chi connectivity index (χ2n) is 7.24. The zero-order chi connectivity index (χ0) is 20.4. The molecule has 0 spiro atoms. The largest absolute Gasteiger partial charge is 0.322 e. The molecule has 2 aromatic rings. The zero-order valence-corrected chi connectivity index (χ0v) is 15.7. The van der Waals surface area contributed by atoms with Gasteiger partial charge in [0, 0.05) is 16.8 Å². The Morgan fingerprint density at radius 1 is 0.828 bits per heavy atom. The number of fused-ring (bicyclic) bond motifs is 1. The first-order valence-corrected chi connectivity index (χ1v) is 9.54. The summed E-state index contributed by atoms with van der Waals surface area (Å²) in [5.41, 5.74) is 1.48. The van der Waals surface area contributed by atoms with Gasteiger partial charge in [-0.3, -0.25) is 24.1 Å². The van der Waals surface area contributed by atoms with Crippen LogP contribution in [0.4, 0.5) is 5.69 Å². The van der Waals surface area contributed by atoms with E-state index in [1.807, 2.05) is 18.2 Å². The SMILES string of the molecule is O=C(CN1C(=O)[C@@H]2CC=CC[C@H]2C1=O)c1ccc(NC(=O)c2ccccc2)cc1. The van der Waals surface area contributed by atoms with Crippen LogP contribution in [0.3, 0.4) is 0 Å². The average Bonchev–Trinajstić information content (AvgIpc) is 3.00. The Morgan fingerprint density at radius 2 is 1.41 bits per heavy atom. The molecule has 0 unspecified atom stereocenters. The number of likely N-dealkylation sites (tertiary alicyclic amines) is 1. The lowest BCUT2D eigenvalue weighted by Crippen LogP contribution is -2.36. The number of imide groups is 1. The van der Waals surface area contributed by atoms with E-state index in [-0.39, 0.29) is 41.9 Å². The van der Waals surface area contributed by atoms with Gasteiger partial charge in [-0.05, 0) is 49.2 Å². The second kappa shape index (κ2) is 7.83. The van der Waals surface area contributed by atoms with Crippen molar-refractivity contribution >= 4 is 29.2 Å². The number of nitrogens with one attached hydrogen (secondary N) is 1. The number of nitrogens with zero attached hydrogens (tertiary/aromatic N) is 1. The quantitative estimate of drug-likeness (QED) is 0.485. The average molecular weight is 388 g/mol. The van der Waals surface area contributed by atoms with Crippen LogP contribution in [-0.2, 0) is 9.59 Å². The fraction of sp³-hybridized carbons (Fsp3) is 0.217. The Hall–Kier alpha value is -3.54. The van der Waals surface area contributed by atoms with E-state index in [1.54, 1.807) is 48.5 Å². The van der Waals surface area contributed by atoms with Crippen LogP contribution in [-0.4, -0.2) is 34.9 Å². The molecule has 2 aromatic carbocycles. The molecule has 4 rings (SSSR count). The van der Waals surface area contributed by atoms with Gasteiger partial charge < -0.3 is 5.32 Å². The summed E-state index contributed by atoms with van der Waals surface area (Å²) in [7, 11) is 0. The minimum Gasteiger partial charge on any atom is -0.322 e. The van der Waals surface area contributed by atoms with Gasteiger partial charge >= 0.3 is 0 Å². The molecule has 1 N–H and O–H groups in total. The maximum absolute atomic E-state index is 12.6. The molecular weight excluding hydrogens is 368 g/mol. The number of amides is 3. The minimum absolute atomic E-state index is 0.242. The molecule has 6 heteroatoms. The van der Waals surface area contributed by atoms with Crippen molar-refractivity contribution < 1.29 is 19.2 Å². The third-order valence-corrected chi connectivity index (χ3v) is 5.40. The van der Waals surface area contributed by atoms with Gasteiger partial charge in [-0.25, -0.2) is 0 Å². The molecule has 1 saturated heterocycles. The Bertz CT molecular complexity index is 969. The highest BCUT2D eigenvalue weighted by Gasteiger charge is 2.47. The summed E-state index contributed by atoms with van der Waals surface area (Å²) in [4.78, 5) is 50.9. The van der Waals surface area contributed by atoms with Gasteiger partial charge in [-0.2, -0.15) is 0 Å². The van der Waals surface area contributed by atoms with Gasteiger partial charge in [-0.1, -0.05) is 30.4 Å². The van der Waals surface area contributed by atoms with E-state index in [4.69, 9.17) is 0 Å². The van der Waals surface area contributed by atoms with E-state index >= 15 is 0 Å². The molecule has 1 fully saturated rings. The number of benzene rings is 2. The highest BCUT2D eigenvalue weighted by atomic mass is 16.2.